The Hall–Kier alpha value is -0.410. The van der Waals surface area contributed by atoms with Gasteiger partial charge >= 0.3 is 0 Å². The summed E-state index contributed by atoms with van der Waals surface area (Å²) in [6.45, 7) is 3.96. The number of aryl methyl sites for hydroxylation is 2. The molecule has 1 aromatic heterocycles. The van der Waals surface area contributed by atoms with Crippen LogP contribution in [0, 0.1) is 11.4 Å². The maximum Gasteiger partial charge on any atom is 0.146 e. The standard InChI is InChI=1S/C8H10OS2/c1-3-6-4-7(10)8(9)5(2)11-6/h4,9H,3H2,1-2H3. The second kappa shape index (κ2) is 3.32. The minimum Gasteiger partial charge on any atom is -0.505 e. The van der Waals surface area contributed by atoms with Crippen LogP contribution in [0.1, 0.15) is 16.7 Å². The summed E-state index contributed by atoms with van der Waals surface area (Å²) in [5.74, 6) is 0.266. The zero-order chi connectivity index (χ0) is 8.43. The molecule has 0 saturated heterocycles. The summed E-state index contributed by atoms with van der Waals surface area (Å²) in [6.07, 6.45) is 0.982. The Kier molecular flexibility index (Phi) is 2.62. The third kappa shape index (κ3) is 1.79. The molecule has 0 atom stereocenters. The molecule has 0 bridgehead atoms. The molecule has 0 aliphatic rings. The zero-order valence-corrected chi connectivity index (χ0v) is 8.18. The first-order valence-electron chi connectivity index (χ1n) is 3.47. The number of rotatable bonds is 1. The third-order valence-electron chi connectivity index (χ3n) is 1.49. The van der Waals surface area contributed by atoms with Crippen molar-refractivity contribution < 1.29 is 5.11 Å². The Morgan fingerprint density at radius 1 is 1.64 bits per heavy atom. The van der Waals surface area contributed by atoms with Gasteiger partial charge in [0.25, 0.3) is 0 Å². The predicted octanol–water partition coefficient (Wildman–Crippen LogP) is 3.05. The maximum absolute atomic E-state index is 9.33. The average Bonchev–Trinajstić information content (AvgIpc) is 1.99. The summed E-state index contributed by atoms with van der Waals surface area (Å²) < 4.78 is 0.568. The van der Waals surface area contributed by atoms with E-state index in [2.05, 4.69) is 6.92 Å². The maximum atomic E-state index is 9.33. The van der Waals surface area contributed by atoms with Gasteiger partial charge in [-0.15, -0.1) is 11.3 Å². The van der Waals surface area contributed by atoms with Crippen molar-refractivity contribution in [3.8, 4) is 5.75 Å². The quantitative estimate of drug-likeness (QED) is 0.680. The van der Waals surface area contributed by atoms with E-state index in [9.17, 15) is 5.11 Å². The SMILES string of the molecule is CCc1cc(=S)c(O)c(C)s1. The van der Waals surface area contributed by atoms with Gasteiger partial charge in [0.15, 0.2) is 0 Å². The Morgan fingerprint density at radius 2 is 2.27 bits per heavy atom. The zero-order valence-electron chi connectivity index (χ0n) is 6.55. The van der Waals surface area contributed by atoms with E-state index in [1.807, 2.05) is 13.0 Å². The lowest BCUT2D eigenvalue weighted by Gasteiger charge is -1.99. The Labute approximate surface area is 75.3 Å². The van der Waals surface area contributed by atoms with Crippen LogP contribution < -0.4 is 0 Å². The summed E-state index contributed by atoms with van der Waals surface area (Å²) in [5.41, 5.74) is 0. The van der Waals surface area contributed by atoms with Crippen molar-refractivity contribution in [2.45, 2.75) is 20.3 Å². The van der Waals surface area contributed by atoms with Crippen LogP contribution in [0.3, 0.4) is 0 Å². The van der Waals surface area contributed by atoms with Crippen molar-refractivity contribution in [1.82, 2.24) is 0 Å². The van der Waals surface area contributed by atoms with Gasteiger partial charge in [0.1, 0.15) is 5.75 Å². The molecule has 1 nitrogen and oxygen atoms in total. The minimum atomic E-state index is 0.266. The monoisotopic (exact) mass is 186 g/mol. The molecule has 60 valence electrons. The van der Waals surface area contributed by atoms with Crippen LogP contribution in [-0.2, 0) is 6.42 Å². The van der Waals surface area contributed by atoms with Crippen LogP contribution in [-0.4, -0.2) is 5.11 Å². The normalized spacial score (nSPS) is 10.0. The fraction of sp³-hybridized carbons (Fsp3) is 0.375. The van der Waals surface area contributed by atoms with Crippen molar-refractivity contribution in [3.63, 3.8) is 0 Å². The van der Waals surface area contributed by atoms with Crippen LogP contribution >= 0.6 is 23.6 Å². The van der Waals surface area contributed by atoms with Crippen LogP contribution in [0.4, 0.5) is 0 Å². The van der Waals surface area contributed by atoms with Crippen molar-refractivity contribution in [3.05, 3.63) is 20.3 Å². The summed E-state index contributed by atoms with van der Waals surface area (Å²) in [7, 11) is 0. The lowest BCUT2D eigenvalue weighted by Crippen LogP contribution is -1.78. The van der Waals surface area contributed by atoms with Crippen LogP contribution in [0.5, 0.6) is 5.75 Å². The first kappa shape index (κ1) is 8.68. The molecular weight excluding hydrogens is 176 g/mol. The number of aromatic hydroxyl groups is 1. The highest BCUT2D eigenvalue weighted by molar-refractivity contribution is 7.71. The molecule has 0 radical (unpaired) electrons. The highest BCUT2D eigenvalue weighted by atomic mass is 32.1. The molecule has 1 heterocycles. The molecular formula is C8H10OS2. The van der Waals surface area contributed by atoms with E-state index in [4.69, 9.17) is 12.2 Å². The lowest BCUT2D eigenvalue weighted by atomic mass is 10.3. The van der Waals surface area contributed by atoms with E-state index in [0.29, 0.717) is 4.51 Å². The van der Waals surface area contributed by atoms with Gasteiger partial charge in [-0.1, -0.05) is 19.1 Å². The molecule has 0 aromatic carbocycles. The van der Waals surface area contributed by atoms with Crippen LogP contribution in [0.15, 0.2) is 6.07 Å². The van der Waals surface area contributed by atoms with Crippen molar-refractivity contribution >= 4 is 23.6 Å². The van der Waals surface area contributed by atoms with Gasteiger partial charge in [-0.2, -0.15) is 0 Å². The largest absolute Gasteiger partial charge is 0.505 e. The van der Waals surface area contributed by atoms with E-state index in [-0.39, 0.29) is 5.75 Å². The van der Waals surface area contributed by atoms with Crippen molar-refractivity contribution in [1.29, 1.82) is 0 Å². The van der Waals surface area contributed by atoms with Gasteiger partial charge < -0.3 is 5.11 Å². The summed E-state index contributed by atoms with van der Waals surface area (Å²) in [5, 5.41) is 9.33. The third-order valence-corrected chi connectivity index (χ3v) is 2.97. The van der Waals surface area contributed by atoms with Crippen molar-refractivity contribution in [2.75, 3.05) is 0 Å². The number of hydrogen-bond donors (Lipinski definition) is 1. The van der Waals surface area contributed by atoms with Gasteiger partial charge in [-0.3, -0.25) is 0 Å². The van der Waals surface area contributed by atoms with Crippen LogP contribution in [0.25, 0.3) is 0 Å². The Balaban J connectivity index is 3.32. The fourth-order valence-corrected chi connectivity index (χ4v) is 2.19. The van der Waals surface area contributed by atoms with E-state index in [1.54, 1.807) is 11.3 Å². The average molecular weight is 186 g/mol. The molecule has 3 heteroatoms. The van der Waals surface area contributed by atoms with E-state index < -0.39 is 0 Å². The van der Waals surface area contributed by atoms with Gasteiger partial charge in [-0.05, 0) is 19.4 Å². The Morgan fingerprint density at radius 3 is 2.73 bits per heavy atom. The molecule has 1 rings (SSSR count). The molecule has 0 spiro atoms. The molecule has 1 N–H and O–H groups in total. The lowest BCUT2D eigenvalue weighted by molar-refractivity contribution is 0.471. The van der Waals surface area contributed by atoms with Crippen molar-refractivity contribution in [2.24, 2.45) is 0 Å². The highest BCUT2D eigenvalue weighted by Gasteiger charge is 2.00. The van der Waals surface area contributed by atoms with E-state index in [1.165, 1.54) is 4.88 Å². The summed E-state index contributed by atoms with van der Waals surface area (Å²) in [4.78, 5) is 2.14. The van der Waals surface area contributed by atoms with Crippen LogP contribution in [0.2, 0.25) is 0 Å². The highest BCUT2D eigenvalue weighted by Crippen LogP contribution is 2.25. The molecule has 0 aliphatic heterocycles. The summed E-state index contributed by atoms with van der Waals surface area (Å²) in [6, 6.07) is 1.86. The van der Waals surface area contributed by atoms with Gasteiger partial charge in [0, 0.05) is 9.75 Å². The molecule has 0 unspecified atom stereocenters. The molecule has 0 saturated carbocycles. The first-order chi connectivity index (χ1) is 5.15. The van der Waals surface area contributed by atoms with Gasteiger partial charge in [0.2, 0.25) is 0 Å². The predicted molar refractivity (Wildman–Crippen MR) is 50.9 cm³/mol. The van der Waals surface area contributed by atoms with E-state index >= 15 is 0 Å². The molecule has 0 amide bonds. The topological polar surface area (TPSA) is 20.2 Å². The molecule has 11 heavy (non-hydrogen) atoms. The number of hydrogen-bond acceptors (Lipinski definition) is 3. The van der Waals surface area contributed by atoms with E-state index in [0.717, 1.165) is 11.3 Å². The fourth-order valence-electron chi connectivity index (χ4n) is 0.837. The summed E-state index contributed by atoms with van der Waals surface area (Å²) >= 11 is 6.55. The smallest absolute Gasteiger partial charge is 0.146 e. The second-order valence-corrected chi connectivity index (χ2v) is 4.12. The minimum absolute atomic E-state index is 0.266. The van der Waals surface area contributed by atoms with Gasteiger partial charge in [0.05, 0.1) is 4.51 Å². The molecule has 1 aromatic rings. The second-order valence-electron chi connectivity index (χ2n) is 2.34. The molecule has 0 aliphatic carbocycles. The van der Waals surface area contributed by atoms with Gasteiger partial charge in [-0.25, -0.2) is 0 Å². The first-order valence-corrected chi connectivity index (χ1v) is 4.70. The Bertz CT molecular complexity index is 314. The molecule has 0 fully saturated rings.